The van der Waals surface area contributed by atoms with Crippen molar-refractivity contribution in [2.24, 2.45) is 11.3 Å². The van der Waals surface area contributed by atoms with Crippen molar-refractivity contribution in [3.05, 3.63) is 29.3 Å². The van der Waals surface area contributed by atoms with Gasteiger partial charge in [0.2, 0.25) is 0 Å². The normalized spacial score (nSPS) is 20.8. The van der Waals surface area contributed by atoms with Crippen LogP contribution in [0.1, 0.15) is 64.0 Å². The third-order valence-electron chi connectivity index (χ3n) is 6.00. The highest BCUT2D eigenvalue weighted by Gasteiger charge is 2.32. The molecule has 0 bridgehead atoms. The Kier molecular flexibility index (Phi) is 6.26. The van der Waals surface area contributed by atoms with Gasteiger partial charge in [-0.2, -0.15) is 0 Å². The van der Waals surface area contributed by atoms with E-state index in [9.17, 15) is 9.59 Å². The molecule has 1 saturated carbocycles. The van der Waals surface area contributed by atoms with Crippen molar-refractivity contribution in [3.8, 4) is 0 Å². The predicted octanol–water partition coefficient (Wildman–Crippen LogP) is 4.35. The summed E-state index contributed by atoms with van der Waals surface area (Å²) < 4.78 is 0. The van der Waals surface area contributed by atoms with Crippen molar-refractivity contribution in [2.45, 2.75) is 72.8 Å². The Balaban J connectivity index is 1.87. The Hall–Kier alpha value is -1.84. The number of hydrogen-bond donors (Lipinski definition) is 2. The van der Waals surface area contributed by atoms with Crippen LogP contribution in [-0.2, 0) is 9.59 Å². The van der Waals surface area contributed by atoms with Gasteiger partial charge in [-0.3, -0.25) is 9.59 Å². The smallest absolute Gasteiger partial charge is 0.313 e. The third-order valence-corrected chi connectivity index (χ3v) is 6.00. The Morgan fingerprint density at radius 1 is 1.04 bits per heavy atom. The molecule has 1 aromatic rings. The fourth-order valence-electron chi connectivity index (χ4n) is 3.74. The van der Waals surface area contributed by atoms with E-state index < -0.39 is 11.8 Å². The molecule has 1 aliphatic rings. The summed E-state index contributed by atoms with van der Waals surface area (Å²) in [4.78, 5) is 24.5. The molecule has 1 fully saturated rings. The lowest BCUT2D eigenvalue weighted by Crippen LogP contribution is -2.44. The summed E-state index contributed by atoms with van der Waals surface area (Å²) in [6.07, 6.45) is 5.31. The average molecular weight is 344 g/mol. The molecule has 1 aliphatic carbocycles. The molecule has 0 aromatic heterocycles. The van der Waals surface area contributed by atoms with Crippen LogP contribution < -0.4 is 10.6 Å². The van der Waals surface area contributed by atoms with Crippen molar-refractivity contribution >= 4 is 17.5 Å². The van der Waals surface area contributed by atoms with E-state index in [4.69, 9.17) is 0 Å². The van der Waals surface area contributed by atoms with Crippen LogP contribution in [0.2, 0.25) is 0 Å². The summed E-state index contributed by atoms with van der Waals surface area (Å²) in [5, 5.41) is 5.68. The standard InChI is InChI=1S/C21H32N2O2/c1-6-21(4,5)16-10-12-17(13-11-16)22-19(24)20(25)23-18-14(2)8-7-9-15(18)3/h7-9,16-17H,6,10-13H2,1-5H3,(H,22,24)(H,23,25). The number of nitrogens with one attached hydrogen (secondary N) is 2. The molecule has 25 heavy (non-hydrogen) atoms. The first-order chi connectivity index (χ1) is 11.7. The highest BCUT2D eigenvalue weighted by Crippen LogP contribution is 2.40. The maximum atomic E-state index is 12.2. The van der Waals surface area contributed by atoms with E-state index in [0.717, 1.165) is 42.5 Å². The van der Waals surface area contributed by atoms with Crippen LogP contribution in [0.3, 0.4) is 0 Å². The zero-order chi connectivity index (χ0) is 18.6. The number of amides is 2. The first kappa shape index (κ1) is 19.5. The summed E-state index contributed by atoms with van der Waals surface area (Å²) in [5.74, 6) is -0.400. The number of anilines is 1. The number of benzene rings is 1. The monoisotopic (exact) mass is 344 g/mol. The average Bonchev–Trinajstić information content (AvgIpc) is 2.58. The molecule has 0 spiro atoms. The van der Waals surface area contributed by atoms with E-state index in [1.807, 2.05) is 32.0 Å². The Morgan fingerprint density at radius 3 is 2.12 bits per heavy atom. The van der Waals surface area contributed by atoms with Crippen molar-refractivity contribution < 1.29 is 9.59 Å². The number of aryl methyl sites for hydroxylation is 2. The van der Waals surface area contributed by atoms with Gasteiger partial charge in [-0.25, -0.2) is 0 Å². The van der Waals surface area contributed by atoms with Crippen molar-refractivity contribution in [2.75, 3.05) is 5.32 Å². The highest BCUT2D eigenvalue weighted by molar-refractivity contribution is 6.39. The second kappa shape index (κ2) is 8.03. The van der Waals surface area contributed by atoms with Gasteiger partial charge in [0, 0.05) is 11.7 Å². The molecule has 0 saturated heterocycles. The summed E-state index contributed by atoms with van der Waals surface area (Å²) in [5.41, 5.74) is 3.01. The van der Waals surface area contributed by atoms with Crippen LogP contribution in [0.5, 0.6) is 0 Å². The zero-order valence-corrected chi connectivity index (χ0v) is 16.2. The first-order valence-corrected chi connectivity index (χ1v) is 9.42. The molecule has 4 heteroatoms. The molecule has 4 nitrogen and oxygen atoms in total. The number of carbonyl (C=O) groups excluding carboxylic acids is 2. The van der Waals surface area contributed by atoms with Crippen molar-refractivity contribution in [1.82, 2.24) is 5.32 Å². The maximum absolute atomic E-state index is 12.2. The lowest BCUT2D eigenvalue weighted by Gasteiger charge is -2.39. The molecular weight excluding hydrogens is 312 g/mol. The fourth-order valence-corrected chi connectivity index (χ4v) is 3.74. The van der Waals surface area contributed by atoms with Crippen LogP contribution >= 0.6 is 0 Å². The van der Waals surface area contributed by atoms with Gasteiger partial charge in [0.1, 0.15) is 0 Å². The van der Waals surface area contributed by atoms with Crippen molar-refractivity contribution in [3.63, 3.8) is 0 Å². The Labute approximate surface area is 151 Å². The van der Waals surface area contributed by atoms with Gasteiger partial charge in [0.05, 0.1) is 0 Å². The highest BCUT2D eigenvalue weighted by atomic mass is 16.2. The SMILES string of the molecule is CCC(C)(C)C1CCC(NC(=O)C(=O)Nc2c(C)cccc2C)CC1. The second-order valence-electron chi connectivity index (χ2n) is 8.09. The molecule has 0 radical (unpaired) electrons. The predicted molar refractivity (Wildman–Crippen MR) is 103 cm³/mol. The molecule has 138 valence electrons. The largest absolute Gasteiger partial charge is 0.345 e. The molecule has 0 atom stereocenters. The van der Waals surface area contributed by atoms with Crippen LogP contribution in [0.25, 0.3) is 0 Å². The van der Waals surface area contributed by atoms with Crippen molar-refractivity contribution in [1.29, 1.82) is 0 Å². The van der Waals surface area contributed by atoms with E-state index in [1.165, 1.54) is 6.42 Å². The molecule has 0 heterocycles. The minimum absolute atomic E-state index is 0.111. The molecule has 1 aromatic carbocycles. The number of hydrogen-bond acceptors (Lipinski definition) is 2. The molecule has 0 aliphatic heterocycles. The molecular formula is C21H32N2O2. The van der Waals surface area contributed by atoms with E-state index in [2.05, 4.69) is 31.4 Å². The van der Waals surface area contributed by atoms with E-state index in [0.29, 0.717) is 11.3 Å². The van der Waals surface area contributed by atoms with Gasteiger partial charge in [0.25, 0.3) is 0 Å². The number of carbonyl (C=O) groups is 2. The van der Waals surface area contributed by atoms with E-state index >= 15 is 0 Å². The molecule has 0 unspecified atom stereocenters. The summed E-state index contributed by atoms with van der Waals surface area (Å²) in [6.45, 7) is 10.8. The minimum atomic E-state index is -0.576. The summed E-state index contributed by atoms with van der Waals surface area (Å²) in [6, 6.07) is 5.91. The van der Waals surface area contributed by atoms with Crippen LogP contribution in [0.4, 0.5) is 5.69 Å². The maximum Gasteiger partial charge on any atom is 0.313 e. The zero-order valence-electron chi connectivity index (χ0n) is 16.2. The van der Waals surface area contributed by atoms with Gasteiger partial charge in [-0.05, 0) is 62.0 Å². The summed E-state index contributed by atoms with van der Waals surface area (Å²) in [7, 11) is 0. The van der Waals surface area contributed by atoms with Gasteiger partial charge in [-0.15, -0.1) is 0 Å². The number of para-hydroxylation sites is 1. The lowest BCUT2D eigenvalue weighted by atomic mass is 9.69. The van der Waals surface area contributed by atoms with E-state index in [1.54, 1.807) is 0 Å². The van der Waals surface area contributed by atoms with Gasteiger partial charge >= 0.3 is 11.8 Å². The molecule has 2 amide bonds. The Morgan fingerprint density at radius 2 is 1.60 bits per heavy atom. The van der Waals surface area contributed by atoms with Crippen LogP contribution in [0, 0.1) is 25.2 Å². The lowest BCUT2D eigenvalue weighted by molar-refractivity contribution is -0.136. The quantitative estimate of drug-likeness (QED) is 0.798. The van der Waals surface area contributed by atoms with Gasteiger partial charge < -0.3 is 10.6 Å². The minimum Gasteiger partial charge on any atom is -0.345 e. The third kappa shape index (κ3) is 4.83. The first-order valence-electron chi connectivity index (χ1n) is 9.42. The topological polar surface area (TPSA) is 58.2 Å². The van der Waals surface area contributed by atoms with Gasteiger partial charge in [-0.1, -0.05) is 45.4 Å². The Bertz CT molecular complexity index is 609. The van der Waals surface area contributed by atoms with E-state index in [-0.39, 0.29) is 6.04 Å². The molecule has 2 N–H and O–H groups in total. The second-order valence-corrected chi connectivity index (χ2v) is 8.09. The van der Waals surface area contributed by atoms with Crippen LogP contribution in [0.15, 0.2) is 18.2 Å². The summed E-state index contributed by atoms with van der Waals surface area (Å²) >= 11 is 0. The van der Waals surface area contributed by atoms with Crippen LogP contribution in [-0.4, -0.2) is 17.9 Å². The molecule has 2 rings (SSSR count). The fraction of sp³-hybridized carbons (Fsp3) is 0.619. The van der Waals surface area contributed by atoms with Gasteiger partial charge in [0.15, 0.2) is 0 Å². The number of rotatable bonds is 4.